The summed E-state index contributed by atoms with van der Waals surface area (Å²) in [6, 6.07) is 10.5. The summed E-state index contributed by atoms with van der Waals surface area (Å²) in [6.07, 6.45) is 0.969. The molecule has 0 bridgehead atoms. The van der Waals surface area contributed by atoms with Crippen LogP contribution in [0, 0.1) is 0 Å². The number of carbonyl (C=O) groups excluding carboxylic acids is 1. The van der Waals surface area contributed by atoms with Crippen molar-refractivity contribution in [2.24, 2.45) is 0 Å². The molecule has 0 heterocycles. The van der Waals surface area contributed by atoms with Gasteiger partial charge in [-0.1, -0.05) is 44.2 Å². The highest BCUT2D eigenvalue weighted by atomic mass is 16.2. The van der Waals surface area contributed by atoms with E-state index in [0.717, 1.165) is 19.5 Å². The zero-order valence-electron chi connectivity index (χ0n) is 11.6. The third-order valence-electron chi connectivity index (χ3n) is 3.08. The van der Waals surface area contributed by atoms with Crippen molar-refractivity contribution in [2.75, 3.05) is 13.1 Å². The van der Waals surface area contributed by atoms with Gasteiger partial charge in [0.25, 0.3) is 0 Å². The van der Waals surface area contributed by atoms with Crippen molar-refractivity contribution >= 4 is 5.91 Å². The van der Waals surface area contributed by atoms with E-state index in [4.69, 9.17) is 0 Å². The minimum atomic E-state index is 0.113. The van der Waals surface area contributed by atoms with Gasteiger partial charge in [0.2, 0.25) is 5.91 Å². The second-order valence-electron chi connectivity index (χ2n) is 4.67. The van der Waals surface area contributed by atoms with E-state index >= 15 is 0 Å². The van der Waals surface area contributed by atoms with Crippen LogP contribution in [0.2, 0.25) is 0 Å². The Labute approximate surface area is 110 Å². The summed E-state index contributed by atoms with van der Waals surface area (Å²) in [5.41, 5.74) is 1.25. The topological polar surface area (TPSA) is 32.3 Å². The van der Waals surface area contributed by atoms with Crippen molar-refractivity contribution in [1.29, 1.82) is 0 Å². The van der Waals surface area contributed by atoms with Gasteiger partial charge in [-0.3, -0.25) is 9.69 Å². The van der Waals surface area contributed by atoms with Gasteiger partial charge in [-0.25, -0.2) is 0 Å². The van der Waals surface area contributed by atoms with Gasteiger partial charge in [0.05, 0.1) is 6.54 Å². The summed E-state index contributed by atoms with van der Waals surface area (Å²) >= 11 is 0. The summed E-state index contributed by atoms with van der Waals surface area (Å²) in [7, 11) is 0. The van der Waals surface area contributed by atoms with E-state index in [0.29, 0.717) is 6.54 Å². The first kappa shape index (κ1) is 14.7. The minimum absolute atomic E-state index is 0.113. The molecule has 1 unspecified atom stereocenters. The first-order chi connectivity index (χ1) is 8.65. The molecule has 0 aliphatic rings. The first-order valence-electron chi connectivity index (χ1n) is 6.71. The van der Waals surface area contributed by atoms with Gasteiger partial charge < -0.3 is 5.32 Å². The van der Waals surface area contributed by atoms with Gasteiger partial charge in [0.1, 0.15) is 0 Å². The largest absolute Gasteiger partial charge is 0.353 e. The first-order valence-corrected chi connectivity index (χ1v) is 6.71. The van der Waals surface area contributed by atoms with Gasteiger partial charge in [0.15, 0.2) is 0 Å². The predicted molar refractivity (Wildman–Crippen MR) is 75.3 cm³/mol. The zero-order valence-corrected chi connectivity index (χ0v) is 11.6. The maximum atomic E-state index is 11.8. The highest BCUT2D eigenvalue weighted by molar-refractivity contribution is 5.78. The number of rotatable bonds is 7. The lowest BCUT2D eigenvalue weighted by Crippen LogP contribution is -2.40. The number of amides is 1. The molecule has 0 fully saturated rings. The Morgan fingerprint density at radius 2 is 1.94 bits per heavy atom. The second-order valence-corrected chi connectivity index (χ2v) is 4.67. The fraction of sp³-hybridized carbons (Fsp3) is 0.533. The summed E-state index contributed by atoms with van der Waals surface area (Å²) < 4.78 is 0. The highest BCUT2D eigenvalue weighted by Gasteiger charge is 2.11. The third kappa shape index (κ3) is 5.32. The molecular weight excluding hydrogens is 224 g/mol. The molecule has 1 rings (SSSR count). The molecule has 18 heavy (non-hydrogen) atoms. The monoisotopic (exact) mass is 248 g/mol. The molecule has 0 saturated heterocycles. The third-order valence-corrected chi connectivity index (χ3v) is 3.08. The molecule has 0 aromatic heterocycles. The van der Waals surface area contributed by atoms with Crippen LogP contribution in [0.5, 0.6) is 0 Å². The van der Waals surface area contributed by atoms with Gasteiger partial charge >= 0.3 is 0 Å². The average Bonchev–Trinajstić information content (AvgIpc) is 2.38. The van der Waals surface area contributed by atoms with Crippen LogP contribution in [0.4, 0.5) is 0 Å². The number of likely N-dealkylation sites (N-methyl/N-ethyl adjacent to an activating group) is 1. The van der Waals surface area contributed by atoms with E-state index in [9.17, 15) is 4.79 Å². The Morgan fingerprint density at radius 3 is 2.50 bits per heavy atom. The molecule has 0 saturated carbocycles. The van der Waals surface area contributed by atoms with Gasteiger partial charge in [-0.15, -0.1) is 0 Å². The molecule has 100 valence electrons. The number of benzene rings is 1. The van der Waals surface area contributed by atoms with Crippen molar-refractivity contribution in [1.82, 2.24) is 10.2 Å². The van der Waals surface area contributed by atoms with Crippen LogP contribution in [0.1, 0.15) is 32.8 Å². The van der Waals surface area contributed by atoms with Crippen molar-refractivity contribution in [3.8, 4) is 0 Å². The quantitative estimate of drug-likeness (QED) is 0.803. The fourth-order valence-electron chi connectivity index (χ4n) is 1.75. The lowest BCUT2D eigenvalue weighted by molar-refractivity contribution is -0.122. The molecule has 3 nitrogen and oxygen atoms in total. The smallest absolute Gasteiger partial charge is 0.234 e. The van der Waals surface area contributed by atoms with Crippen molar-refractivity contribution in [2.45, 2.75) is 39.8 Å². The molecule has 1 N–H and O–H groups in total. The van der Waals surface area contributed by atoms with E-state index < -0.39 is 0 Å². The van der Waals surface area contributed by atoms with Crippen LogP contribution >= 0.6 is 0 Å². The van der Waals surface area contributed by atoms with Gasteiger partial charge in [-0.2, -0.15) is 0 Å². The van der Waals surface area contributed by atoms with Crippen LogP contribution in [-0.2, 0) is 11.3 Å². The van der Waals surface area contributed by atoms with E-state index in [1.54, 1.807) is 0 Å². The summed E-state index contributed by atoms with van der Waals surface area (Å²) in [5.74, 6) is 0.113. The molecule has 1 aromatic carbocycles. The van der Waals surface area contributed by atoms with Crippen LogP contribution in [0.25, 0.3) is 0 Å². The predicted octanol–water partition coefficient (Wildman–Crippen LogP) is 2.42. The molecule has 0 spiro atoms. The number of hydrogen-bond acceptors (Lipinski definition) is 2. The Morgan fingerprint density at radius 1 is 1.28 bits per heavy atom. The van der Waals surface area contributed by atoms with Crippen molar-refractivity contribution < 1.29 is 4.79 Å². The average molecular weight is 248 g/mol. The van der Waals surface area contributed by atoms with E-state index in [1.165, 1.54) is 5.56 Å². The van der Waals surface area contributed by atoms with Crippen molar-refractivity contribution in [3.05, 3.63) is 35.9 Å². The number of nitrogens with zero attached hydrogens (tertiary/aromatic N) is 1. The SMILES string of the molecule is CCC(C)NC(=O)CN(CC)Cc1ccccc1. The molecule has 1 aromatic rings. The fourth-order valence-corrected chi connectivity index (χ4v) is 1.75. The molecule has 3 heteroatoms. The highest BCUT2D eigenvalue weighted by Crippen LogP contribution is 2.03. The Bertz CT molecular complexity index is 351. The Balaban J connectivity index is 2.45. The number of hydrogen-bond donors (Lipinski definition) is 1. The van der Waals surface area contributed by atoms with Gasteiger partial charge in [-0.05, 0) is 25.5 Å². The minimum Gasteiger partial charge on any atom is -0.353 e. The summed E-state index contributed by atoms with van der Waals surface area (Å²) in [5, 5.41) is 3.00. The molecule has 0 aliphatic carbocycles. The van der Waals surface area contributed by atoms with E-state index in [1.807, 2.05) is 25.1 Å². The molecule has 1 amide bonds. The lowest BCUT2D eigenvalue weighted by atomic mass is 10.2. The molecule has 1 atom stereocenters. The van der Waals surface area contributed by atoms with E-state index in [2.05, 4.69) is 36.2 Å². The van der Waals surface area contributed by atoms with Gasteiger partial charge in [0, 0.05) is 12.6 Å². The van der Waals surface area contributed by atoms with Crippen LogP contribution in [0.3, 0.4) is 0 Å². The second kappa shape index (κ2) is 7.88. The lowest BCUT2D eigenvalue weighted by Gasteiger charge is -2.21. The van der Waals surface area contributed by atoms with E-state index in [-0.39, 0.29) is 11.9 Å². The Kier molecular flexibility index (Phi) is 6.44. The normalized spacial score (nSPS) is 12.4. The zero-order chi connectivity index (χ0) is 13.4. The molecular formula is C15H24N2O. The maximum Gasteiger partial charge on any atom is 0.234 e. The van der Waals surface area contributed by atoms with Crippen LogP contribution in [0.15, 0.2) is 30.3 Å². The number of nitrogens with one attached hydrogen (secondary N) is 1. The van der Waals surface area contributed by atoms with Crippen LogP contribution < -0.4 is 5.32 Å². The Hall–Kier alpha value is -1.35. The summed E-state index contributed by atoms with van der Waals surface area (Å²) in [4.78, 5) is 14.0. The van der Waals surface area contributed by atoms with Crippen LogP contribution in [-0.4, -0.2) is 29.9 Å². The molecule has 0 aliphatic heterocycles. The molecule has 0 radical (unpaired) electrons. The number of carbonyl (C=O) groups is 1. The van der Waals surface area contributed by atoms with Crippen molar-refractivity contribution in [3.63, 3.8) is 0 Å². The maximum absolute atomic E-state index is 11.8. The summed E-state index contributed by atoms with van der Waals surface area (Å²) in [6.45, 7) is 8.36. The standard InChI is InChI=1S/C15H24N2O/c1-4-13(3)16-15(18)12-17(5-2)11-14-9-7-6-8-10-14/h6-10,13H,4-5,11-12H2,1-3H3,(H,16,18).